The van der Waals surface area contributed by atoms with E-state index < -0.39 is 0 Å². The van der Waals surface area contributed by atoms with Crippen LogP contribution in [0.15, 0.2) is 88.5 Å². The first-order valence-corrected chi connectivity index (χ1v) is 11.0. The first-order chi connectivity index (χ1) is 16.0. The molecule has 1 heterocycles. The van der Waals surface area contributed by atoms with Gasteiger partial charge in [0, 0.05) is 41.6 Å². The van der Waals surface area contributed by atoms with Crippen molar-refractivity contribution in [3.05, 3.63) is 83.5 Å². The fourth-order valence-corrected chi connectivity index (χ4v) is 3.18. The van der Waals surface area contributed by atoms with Crippen molar-refractivity contribution in [2.24, 2.45) is 4.99 Å². The van der Waals surface area contributed by atoms with Crippen molar-refractivity contribution in [2.75, 3.05) is 36.7 Å². The van der Waals surface area contributed by atoms with Gasteiger partial charge in [0.2, 0.25) is 0 Å². The largest absolute Gasteiger partial charge is 0.491 e. The molecule has 7 heteroatoms. The van der Waals surface area contributed by atoms with Crippen molar-refractivity contribution in [1.82, 2.24) is 5.32 Å². The minimum atomic E-state index is 0.522. The van der Waals surface area contributed by atoms with E-state index in [9.17, 15) is 0 Å². The fraction of sp³-hybridized carbons (Fsp3) is 0.269. The van der Waals surface area contributed by atoms with Gasteiger partial charge in [-0.3, -0.25) is 0 Å². The van der Waals surface area contributed by atoms with E-state index in [1.807, 2.05) is 67.7 Å². The van der Waals surface area contributed by atoms with Gasteiger partial charge in [0.15, 0.2) is 0 Å². The zero-order valence-electron chi connectivity index (χ0n) is 19.7. The summed E-state index contributed by atoms with van der Waals surface area (Å²) in [6, 6.07) is 15.5. The summed E-state index contributed by atoms with van der Waals surface area (Å²) in [5, 5.41) is 10.1. The lowest BCUT2D eigenvalue weighted by atomic mass is 10.2. The Bertz CT molecular complexity index is 1070. The van der Waals surface area contributed by atoms with Crippen molar-refractivity contribution in [3.8, 4) is 5.75 Å². The maximum absolute atomic E-state index is 5.91. The first kappa shape index (κ1) is 23.9. The van der Waals surface area contributed by atoms with Crippen LogP contribution in [0.2, 0.25) is 0 Å². The number of nitrogens with one attached hydrogen (secondary N) is 3. The average Bonchev–Trinajstić information content (AvgIpc) is 3.28. The highest BCUT2D eigenvalue weighted by atomic mass is 16.5. The third kappa shape index (κ3) is 6.89. The van der Waals surface area contributed by atoms with Crippen LogP contribution in [0.4, 0.5) is 17.1 Å². The Kier molecular flexibility index (Phi) is 8.55. The topological polar surface area (TPSA) is 92.9 Å². The van der Waals surface area contributed by atoms with Gasteiger partial charge in [-0.2, -0.15) is 0 Å². The van der Waals surface area contributed by atoms with Crippen LogP contribution in [0.25, 0.3) is 0 Å². The molecule has 0 radical (unpaired) electrons. The maximum Gasteiger partial charge on any atom is 0.141 e. The molecule has 0 spiro atoms. The second-order valence-electron chi connectivity index (χ2n) is 7.70. The number of rotatable bonds is 10. The van der Waals surface area contributed by atoms with Gasteiger partial charge in [0.25, 0.3) is 0 Å². The van der Waals surface area contributed by atoms with Crippen LogP contribution < -0.4 is 26.4 Å². The van der Waals surface area contributed by atoms with Gasteiger partial charge in [-0.1, -0.05) is 13.0 Å². The number of hydrogen-bond acceptors (Lipinski definition) is 6. The summed E-state index contributed by atoms with van der Waals surface area (Å²) >= 11 is 0. The molecule has 0 saturated carbocycles. The van der Waals surface area contributed by atoms with Crippen LogP contribution in [0.5, 0.6) is 5.75 Å². The normalized spacial score (nSPS) is 16.3. The first-order valence-electron chi connectivity index (χ1n) is 11.0. The lowest BCUT2D eigenvalue weighted by molar-refractivity contribution is 0.146. The lowest BCUT2D eigenvalue weighted by Crippen LogP contribution is -2.17. The van der Waals surface area contributed by atoms with Crippen LogP contribution in [-0.2, 0) is 4.74 Å². The van der Waals surface area contributed by atoms with Crippen LogP contribution in [0, 0.1) is 0 Å². The molecule has 0 bridgehead atoms. The van der Waals surface area contributed by atoms with E-state index in [0.717, 1.165) is 57.7 Å². The number of aliphatic imine (C=N–C) groups is 1. The summed E-state index contributed by atoms with van der Waals surface area (Å²) in [6.07, 6.45) is 4.78. The monoisotopic (exact) mass is 447 g/mol. The molecule has 0 atom stereocenters. The van der Waals surface area contributed by atoms with Crippen LogP contribution in [-0.4, -0.2) is 26.2 Å². The van der Waals surface area contributed by atoms with Crippen LogP contribution >= 0.6 is 0 Å². The molecule has 2 aromatic carbocycles. The van der Waals surface area contributed by atoms with E-state index in [0.29, 0.717) is 13.2 Å². The van der Waals surface area contributed by atoms with Crippen molar-refractivity contribution >= 4 is 22.9 Å². The molecular weight excluding hydrogens is 414 g/mol. The smallest absolute Gasteiger partial charge is 0.141 e. The van der Waals surface area contributed by atoms with Crippen molar-refractivity contribution in [3.63, 3.8) is 0 Å². The summed E-state index contributed by atoms with van der Waals surface area (Å²) in [5.41, 5.74) is 11.6. The SMILES string of the molecule is CC/C(C)=C(/N=C1/NC=C/C1=C(/C)Nc1cccc(N)c1)Nc1ccc(OCCOC)cc1. The van der Waals surface area contributed by atoms with E-state index in [1.165, 1.54) is 0 Å². The Labute approximate surface area is 196 Å². The van der Waals surface area contributed by atoms with Crippen LogP contribution in [0.3, 0.4) is 0 Å². The summed E-state index contributed by atoms with van der Waals surface area (Å²) in [4.78, 5) is 4.93. The van der Waals surface area contributed by atoms with Crippen LogP contribution in [0.1, 0.15) is 27.2 Å². The van der Waals surface area contributed by atoms with Gasteiger partial charge in [-0.25, -0.2) is 4.99 Å². The van der Waals surface area contributed by atoms with Crippen molar-refractivity contribution in [1.29, 1.82) is 0 Å². The molecule has 0 aliphatic carbocycles. The number of hydrogen-bond donors (Lipinski definition) is 4. The molecule has 0 aromatic heterocycles. The molecule has 0 unspecified atom stereocenters. The van der Waals surface area contributed by atoms with E-state index in [4.69, 9.17) is 20.2 Å². The zero-order chi connectivity index (χ0) is 23.6. The molecule has 1 aliphatic heterocycles. The van der Waals surface area contributed by atoms with Gasteiger partial charge < -0.3 is 31.2 Å². The standard InChI is InChI=1S/C26H33N5O2/c1-5-18(2)25(30-21-9-11-23(12-10-21)33-16-15-32-4)31-26-24(13-14-28-26)19(3)29-22-8-6-7-20(27)17-22/h6-14,17,29-30H,5,15-16,27H2,1-4H3,(H,28,31)/b24-19+,25-18+. The average molecular weight is 448 g/mol. The number of nitrogen functional groups attached to an aromatic ring is 1. The van der Waals surface area contributed by atoms with Crippen molar-refractivity contribution in [2.45, 2.75) is 27.2 Å². The molecule has 0 amide bonds. The number of anilines is 3. The molecular formula is C26H33N5O2. The quantitative estimate of drug-likeness (QED) is 0.294. The van der Waals surface area contributed by atoms with Gasteiger partial charge in [-0.15, -0.1) is 0 Å². The molecule has 0 fully saturated rings. The van der Waals surface area contributed by atoms with Gasteiger partial charge in [0.1, 0.15) is 24.0 Å². The van der Waals surface area contributed by atoms with E-state index in [-0.39, 0.29) is 0 Å². The highest BCUT2D eigenvalue weighted by molar-refractivity contribution is 6.05. The third-order valence-corrected chi connectivity index (χ3v) is 5.18. The third-order valence-electron chi connectivity index (χ3n) is 5.18. The lowest BCUT2D eigenvalue weighted by Gasteiger charge is -2.14. The van der Waals surface area contributed by atoms with Gasteiger partial charge in [-0.05, 0) is 74.4 Å². The molecule has 33 heavy (non-hydrogen) atoms. The second kappa shape index (κ2) is 11.8. The minimum absolute atomic E-state index is 0.522. The number of allylic oxidation sites excluding steroid dienone is 2. The Hall–Kier alpha value is -3.71. The summed E-state index contributed by atoms with van der Waals surface area (Å²) in [5.74, 6) is 2.39. The van der Waals surface area contributed by atoms with Crippen molar-refractivity contribution < 1.29 is 9.47 Å². The number of amidine groups is 1. The number of nitrogens with two attached hydrogens (primary N) is 1. The van der Waals surface area contributed by atoms with Gasteiger partial charge in [0.05, 0.1) is 6.61 Å². The molecule has 5 N–H and O–H groups in total. The van der Waals surface area contributed by atoms with E-state index >= 15 is 0 Å². The molecule has 7 nitrogen and oxygen atoms in total. The molecule has 2 aromatic rings. The molecule has 0 saturated heterocycles. The summed E-state index contributed by atoms with van der Waals surface area (Å²) in [7, 11) is 1.66. The zero-order valence-corrected chi connectivity index (χ0v) is 19.7. The van der Waals surface area contributed by atoms with E-state index in [1.54, 1.807) is 7.11 Å². The number of methoxy groups -OCH3 is 1. The minimum Gasteiger partial charge on any atom is -0.491 e. The Morgan fingerprint density at radius 3 is 2.52 bits per heavy atom. The molecule has 174 valence electrons. The predicted molar refractivity (Wildman–Crippen MR) is 137 cm³/mol. The summed E-state index contributed by atoms with van der Waals surface area (Å²) in [6.45, 7) is 7.31. The Morgan fingerprint density at radius 1 is 1.03 bits per heavy atom. The van der Waals surface area contributed by atoms with Gasteiger partial charge >= 0.3 is 0 Å². The van der Waals surface area contributed by atoms with E-state index in [2.05, 4.69) is 29.8 Å². The summed E-state index contributed by atoms with van der Waals surface area (Å²) < 4.78 is 10.7. The number of benzene rings is 2. The Balaban J connectivity index is 1.79. The highest BCUT2D eigenvalue weighted by Gasteiger charge is 2.15. The highest BCUT2D eigenvalue weighted by Crippen LogP contribution is 2.22. The number of nitrogens with zero attached hydrogens (tertiary/aromatic N) is 1. The molecule has 3 rings (SSSR count). The predicted octanol–water partition coefficient (Wildman–Crippen LogP) is 5.25. The maximum atomic E-state index is 5.91. The molecule has 1 aliphatic rings. The number of ether oxygens (including phenoxy) is 2. The fourth-order valence-electron chi connectivity index (χ4n) is 3.18. The Morgan fingerprint density at radius 2 is 1.82 bits per heavy atom. The second-order valence-corrected chi connectivity index (χ2v) is 7.70.